The largest absolute Gasteiger partial charge is 0.310 e. The number of carbonyl (C=O) groups is 2. The lowest BCUT2D eigenvalue weighted by atomic mass is 10.0. The summed E-state index contributed by atoms with van der Waals surface area (Å²) in [4.78, 5) is 28.0. The maximum Gasteiger partial charge on any atom is 0.181 e. The zero-order valence-electron chi connectivity index (χ0n) is 31.8. The quantitative estimate of drug-likeness (QED) is 0.103. The van der Waals surface area contributed by atoms with E-state index in [1.807, 2.05) is 48.5 Å². The number of carbonyl (C=O) groups excluding carboxylic acids is 2. The Balaban J connectivity index is 1.32. The summed E-state index contributed by atoms with van der Waals surface area (Å²) in [5, 5.41) is 5.26. The van der Waals surface area contributed by atoms with Crippen LogP contribution in [0.4, 0.5) is 34.1 Å². The summed E-state index contributed by atoms with van der Waals surface area (Å²) in [6.07, 6.45) is 1.78. The number of hydrogen-bond donors (Lipinski definition) is 0. The fourth-order valence-electron chi connectivity index (χ4n) is 8.58. The van der Waals surface area contributed by atoms with Crippen LogP contribution in [0.2, 0.25) is 0 Å². The van der Waals surface area contributed by atoms with E-state index in [1.165, 1.54) is 43.0 Å². The van der Waals surface area contributed by atoms with Gasteiger partial charge in [-0.05, 0) is 154 Å². The molecule has 4 nitrogen and oxygen atoms in total. The van der Waals surface area contributed by atoms with Gasteiger partial charge in [-0.2, -0.15) is 0 Å². The maximum absolute atomic E-state index is 11.7. The lowest BCUT2D eigenvalue weighted by molar-refractivity contribution is 0.111. The highest BCUT2D eigenvalue weighted by molar-refractivity contribution is 7.22. The van der Waals surface area contributed by atoms with Gasteiger partial charge in [0.05, 0.1) is 0 Å². The van der Waals surface area contributed by atoms with Gasteiger partial charge in [-0.3, -0.25) is 9.59 Å². The van der Waals surface area contributed by atoms with E-state index in [2.05, 4.69) is 169 Å². The molecule has 0 atom stereocenters. The van der Waals surface area contributed by atoms with Gasteiger partial charge in [-0.1, -0.05) is 97.1 Å². The summed E-state index contributed by atoms with van der Waals surface area (Å²) in [5.74, 6) is 0. The van der Waals surface area contributed by atoms with Crippen molar-refractivity contribution in [2.45, 2.75) is 13.8 Å². The second-order valence-electron chi connectivity index (χ2n) is 14.7. The summed E-state index contributed by atoms with van der Waals surface area (Å²) in [5.41, 5.74) is 12.2. The molecule has 0 spiro atoms. The van der Waals surface area contributed by atoms with Gasteiger partial charge in [-0.25, -0.2) is 0 Å². The van der Waals surface area contributed by atoms with Crippen molar-refractivity contribution in [3.8, 4) is 11.1 Å². The van der Waals surface area contributed by atoms with Gasteiger partial charge in [0.15, 0.2) is 8.07 Å². The smallest absolute Gasteiger partial charge is 0.181 e. The first kappa shape index (κ1) is 35.6. The monoisotopic (exact) mass is 752 g/mol. The second-order valence-corrected chi connectivity index (χ2v) is 18.4. The van der Waals surface area contributed by atoms with E-state index in [-0.39, 0.29) is 0 Å². The zero-order chi connectivity index (χ0) is 38.9. The van der Waals surface area contributed by atoms with E-state index >= 15 is 0 Å². The minimum Gasteiger partial charge on any atom is -0.310 e. The van der Waals surface area contributed by atoms with Crippen LogP contribution in [0.1, 0.15) is 31.8 Å². The molecule has 0 aliphatic carbocycles. The molecule has 1 aliphatic rings. The molecule has 0 radical (unpaired) electrons. The van der Waals surface area contributed by atoms with Crippen LogP contribution in [0, 0.1) is 13.8 Å². The second kappa shape index (κ2) is 14.9. The van der Waals surface area contributed by atoms with Gasteiger partial charge in [0.1, 0.15) is 12.6 Å². The molecule has 0 amide bonds. The molecule has 9 rings (SSSR count). The van der Waals surface area contributed by atoms with Crippen LogP contribution in [0.5, 0.6) is 0 Å². The van der Waals surface area contributed by atoms with Crippen LogP contribution in [0.25, 0.3) is 11.1 Å². The molecule has 1 heterocycles. The fraction of sp³-hybridized carbons (Fsp3) is 0.0385. The summed E-state index contributed by atoms with van der Waals surface area (Å²) >= 11 is 0. The molecule has 0 saturated heterocycles. The molecule has 0 bridgehead atoms. The van der Waals surface area contributed by atoms with Crippen molar-refractivity contribution in [1.29, 1.82) is 0 Å². The van der Waals surface area contributed by atoms with Crippen LogP contribution >= 0.6 is 0 Å². The molecule has 8 aromatic carbocycles. The van der Waals surface area contributed by atoms with Crippen molar-refractivity contribution in [3.05, 3.63) is 216 Å². The molecule has 8 aromatic rings. The van der Waals surface area contributed by atoms with Gasteiger partial charge < -0.3 is 9.80 Å². The van der Waals surface area contributed by atoms with Gasteiger partial charge in [0.25, 0.3) is 0 Å². The highest BCUT2D eigenvalue weighted by Gasteiger charge is 2.49. The number of fused-ring (bicyclic) bond motifs is 3. The van der Waals surface area contributed by atoms with Crippen molar-refractivity contribution in [1.82, 2.24) is 0 Å². The highest BCUT2D eigenvalue weighted by atomic mass is 28.3. The topological polar surface area (TPSA) is 40.6 Å². The standard InChI is InChI=1S/C52H40N2O2Si/c1-37-11-9-13-43(31-37)53(41-23-19-39(35-55)20-24-41)45-27-29-49-50-30-28-46(54(44-14-10-12-38(2)32-44)42-25-21-40(36-56)22-26-42)34-52(50)57(51(49)33-45,47-15-5-3-6-16-47)48-17-7-4-8-18-48/h3-36H,1-2H3. The molecule has 5 heteroatoms. The predicted molar refractivity (Wildman–Crippen MR) is 239 cm³/mol. The number of aryl methyl sites for hydroxylation is 2. The Morgan fingerprint density at radius 1 is 0.368 bits per heavy atom. The lowest BCUT2D eigenvalue weighted by Crippen LogP contribution is -2.72. The van der Waals surface area contributed by atoms with Crippen molar-refractivity contribution in [3.63, 3.8) is 0 Å². The van der Waals surface area contributed by atoms with Crippen molar-refractivity contribution < 1.29 is 9.59 Å². The van der Waals surface area contributed by atoms with E-state index in [1.54, 1.807) is 0 Å². The molecule has 0 saturated carbocycles. The van der Waals surface area contributed by atoms with Gasteiger partial charge >= 0.3 is 0 Å². The van der Waals surface area contributed by atoms with Crippen LogP contribution in [-0.4, -0.2) is 20.6 Å². The van der Waals surface area contributed by atoms with Crippen LogP contribution in [0.3, 0.4) is 0 Å². The van der Waals surface area contributed by atoms with E-state index in [9.17, 15) is 9.59 Å². The highest BCUT2D eigenvalue weighted by Crippen LogP contribution is 2.41. The molecule has 1 aliphatic heterocycles. The first-order valence-corrected chi connectivity index (χ1v) is 21.2. The molecule has 274 valence electrons. The number of benzene rings is 8. The van der Waals surface area contributed by atoms with E-state index in [4.69, 9.17) is 0 Å². The SMILES string of the molecule is Cc1cccc(N(c2ccc(C=O)cc2)c2ccc3c(c2)[Si](c2ccccc2)(c2ccccc2)c2cc(N(c4ccc(C=O)cc4)c4cccc(C)c4)ccc2-3)c1. The number of hydrogen-bond acceptors (Lipinski definition) is 4. The number of nitrogens with zero attached hydrogens (tertiary/aromatic N) is 2. The predicted octanol–water partition coefficient (Wildman–Crippen LogP) is 10.2. The Labute approximate surface area is 335 Å². The lowest BCUT2D eigenvalue weighted by Gasteiger charge is -2.33. The third-order valence-corrected chi connectivity index (χ3v) is 16.0. The van der Waals surface area contributed by atoms with E-state index in [0.29, 0.717) is 11.1 Å². The average molecular weight is 753 g/mol. The first-order chi connectivity index (χ1) is 28.0. The third-order valence-electron chi connectivity index (χ3n) is 11.1. The summed E-state index contributed by atoms with van der Waals surface area (Å²) in [7, 11) is -2.98. The first-order valence-electron chi connectivity index (χ1n) is 19.2. The molecule has 0 unspecified atom stereocenters. The Morgan fingerprint density at radius 3 is 1.11 bits per heavy atom. The average Bonchev–Trinajstić information content (AvgIpc) is 3.55. The normalized spacial score (nSPS) is 12.3. The summed E-state index contributed by atoms with van der Waals surface area (Å²) in [6.45, 7) is 4.24. The Morgan fingerprint density at radius 2 is 0.737 bits per heavy atom. The van der Waals surface area contributed by atoms with Crippen LogP contribution in [-0.2, 0) is 0 Å². The molecular formula is C52H40N2O2Si. The summed E-state index contributed by atoms with van der Waals surface area (Å²) < 4.78 is 0. The number of aldehydes is 2. The minimum absolute atomic E-state index is 0.641. The molecule has 0 aromatic heterocycles. The zero-order valence-corrected chi connectivity index (χ0v) is 32.8. The summed E-state index contributed by atoms with van der Waals surface area (Å²) in [6, 6.07) is 68.9. The van der Waals surface area contributed by atoms with Gasteiger partial charge in [-0.15, -0.1) is 0 Å². The van der Waals surface area contributed by atoms with E-state index in [0.717, 1.165) is 46.7 Å². The fourth-order valence-corrected chi connectivity index (χ4v) is 13.8. The number of anilines is 6. The molecule has 57 heavy (non-hydrogen) atoms. The van der Waals surface area contributed by atoms with Crippen molar-refractivity contribution >= 4 is 75.5 Å². The third kappa shape index (κ3) is 6.28. The van der Waals surface area contributed by atoms with E-state index < -0.39 is 8.07 Å². The van der Waals surface area contributed by atoms with Crippen molar-refractivity contribution in [2.75, 3.05) is 9.80 Å². The Bertz CT molecular complexity index is 2550. The van der Waals surface area contributed by atoms with Crippen molar-refractivity contribution in [2.24, 2.45) is 0 Å². The van der Waals surface area contributed by atoms with Gasteiger partial charge in [0.2, 0.25) is 0 Å². The minimum atomic E-state index is -2.98. The molecule has 0 fully saturated rings. The molecular weight excluding hydrogens is 713 g/mol. The number of rotatable bonds is 10. The van der Waals surface area contributed by atoms with Crippen LogP contribution < -0.4 is 30.5 Å². The van der Waals surface area contributed by atoms with Gasteiger partial charge in [0, 0.05) is 45.3 Å². The Hall–Kier alpha value is -7.08. The Kier molecular flexibility index (Phi) is 9.29. The molecule has 0 N–H and O–H groups in total. The maximum atomic E-state index is 11.7. The van der Waals surface area contributed by atoms with Crippen LogP contribution in [0.15, 0.2) is 194 Å².